The molecule has 2 rings (SSSR count). The highest BCUT2D eigenvalue weighted by atomic mass is 32.2. The quantitative estimate of drug-likeness (QED) is 0.718. The number of benzene rings is 2. The average Bonchev–Trinajstić information content (AvgIpc) is 2.62. The summed E-state index contributed by atoms with van der Waals surface area (Å²) in [6.45, 7) is 5.45. The van der Waals surface area contributed by atoms with Gasteiger partial charge < -0.3 is 4.74 Å². The number of carbonyl (C=O) groups is 2. The lowest BCUT2D eigenvalue weighted by Gasteiger charge is -2.17. The lowest BCUT2D eigenvalue weighted by molar-refractivity contribution is -0.128. The van der Waals surface area contributed by atoms with Crippen molar-refractivity contribution in [3.8, 4) is 5.75 Å². The minimum atomic E-state index is -3.14. The van der Waals surface area contributed by atoms with Crippen LogP contribution in [0.4, 0.5) is 0 Å². The molecule has 2 N–H and O–H groups in total. The van der Waals surface area contributed by atoms with Crippen LogP contribution in [0.25, 0.3) is 0 Å². The van der Waals surface area contributed by atoms with Gasteiger partial charge in [-0.05, 0) is 55.7 Å². The maximum Gasteiger partial charge on any atom is 0.279 e. The summed E-state index contributed by atoms with van der Waals surface area (Å²) in [7, 11) is -3.14. The Bertz CT molecular complexity index is 969. The number of hydrazine groups is 1. The molecule has 0 spiro atoms. The molecule has 0 aromatic heterocycles. The van der Waals surface area contributed by atoms with E-state index in [1.54, 1.807) is 25.1 Å². The van der Waals surface area contributed by atoms with Crippen molar-refractivity contribution >= 4 is 21.7 Å². The first-order chi connectivity index (χ1) is 13.1. The molecule has 28 heavy (non-hydrogen) atoms. The molecule has 0 saturated carbocycles. The van der Waals surface area contributed by atoms with Crippen molar-refractivity contribution in [1.29, 1.82) is 0 Å². The Hall–Kier alpha value is -2.87. The van der Waals surface area contributed by atoms with Crippen molar-refractivity contribution in [2.45, 2.75) is 32.6 Å². The van der Waals surface area contributed by atoms with Gasteiger partial charge in [-0.1, -0.05) is 24.3 Å². The van der Waals surface area contributed by atoms with E-state index in [1.165, 1.54) is 12.1 Å². The Labute approximate surface area is 165 Å². The van der Waals surface area contributed by atoms with Crippen molar-refractivity contribution in [3.63, 3.8) is 0 Å². The molecule has 0 aliphatic carbocycles. The molecule has 150 valence electrons. The van der Waals surface area contributed by atoms with Gasteiger partial charge >= 0.3 is 0 Å². The highest BCUT2D eigenvalue weighted by Gasteiger charge is 2.17. The lowest BCUT2D eigenvalue weighted by Crippen LogP contribution is -2.47. The normalized spacial score (nSPS) is 12.1. The van der Waals surface area contributed by atoms with Gasteiger partial charge in [-0.2, -0.15) is 0 Å². The zero-order chi connectivity index (χ0) is 20.9. The minimum Gasteiger partial charge on any atom is -0.481 e. The second kappa shape index (κ2) is 8.88. The first kappa shape index (κ1) is 21.4. The topological polar surface area (TPSA) is 102 Å². The van der Waals surface area contributed by atoms with Gasteiger partial charge in [0.2, 0.25) is 0 Å². The van der Waals surface area contributed by atoms with Gasteiger partial charge in [0.05, 0.1) is 5.75 Å². The SMILES string of the molecule is Cc1cccc(O[C@H](C)C(=O)NNC(=O)c2ccc(CS(C)(=O)=O)cc2)c1C. The molecule has 0 heterocycles. The fourth-order valence-corrected chi connectivity index (χ4v) is 3.24. The van der Waals surface area contributed by atoms with Crippen molar-refractivity contribution < 1.29 is 22.7 Å². The van der Waals surface area contributed by atoms with Crippen molar-refractivity contribution in [1.82, 2.24) is 10.9 Å². The summed E-state index contributed by atoms with van der Waals surface area (Å²) >= 11 is 0. The van der Waals surface area contributed by atoms with Crippen LogP contribution in [0.5, 0.6) is 5.75 Å². The molecule has 0 aliphatic rings. The smallest absolute Gasteiger partial charge is 0.279 e. The first-order valence-electron chi connectivity index (χ1n) is 8.66. The largest absolute Gasteiger partial charge is 0.481 e. The standard InChI is InChI=1S/C20H24N2O5S/c1-13-6-5-7-18(14(13)2)27-15(3)19(23)21-22-20(24)17-10-8-16(9-11-17)12-28(4,25)26/h5-11,15H,12H2,1-4H3,(H,21,23)(H,22,24)/t15-/m1/s1. The monoisotopic (exact) mass is 404 g/mol. The molecule has 1 atom stereocenters. The summed E-state index contributed by atoms with van der Waals surface area (Å²) in [5.74, 6) is -0.504. The van der Waals surface area contributed by atoms with Gasteiger partial charge in [0.15, 0.2) is 15.9 Å². The molecule has 0 fully saturated rings. The molecule has 0 saturated heterocycles. The van der Waals surface area contributed by atoms with E-state index in [1.807, 2.05) is 26.0 Å². The van der Waals surface area contributed by atoms with Gasteiger partial charge in [-0.25, -0.2) is 8.42 Å². The zero-order valence-electron chi connectivity index (χ0n) is 16.3. The average molecular weight is 404 g/mol. The van der Waals surface area contributed by atoms with E-state index in [0.29, 0.717) is 16.9 Å². The van der Waals surface area contributed by atoms with E-state index < -0.39 is 27.8 Å². The second-order valence-corrected chi connectivity index (χ2v) is 8.81. The predicted molar refractivity (Wildman–Crippen MR) is 107 cm³/mol. The van der Waals surface area contributed by atoms with Crippen LogP contribution in [0, 0.1) is 13.8 Å². The Morgan fingerprint density at radius 1 is 1.04 bits per heavy atom. The summed E-state index contributed by atoms with van der Waals surface area (Å²) < 4.78 is 28.3. The van der Waals surface area contributed by atoms with E-state index in [9.17, 15) is 18.0 Å². The molecule has 2 aromatic carbocycles. The highest BCUT2D eigenvalue weighted by molar-refractivity contribution is 7.89. The fraction of sp³-hybridized carbons (Fsp3) is 0.300. The molecular formula is C20H24N2O5S. The second-order valence-electron chi connectivity index (χ2n) is 6.67. The van der Waals surface area contributed by atoms with Gasteiger partial charge in [-0.3, -0.25) is 20.4 Å². The number of amides is 2. The molecule has 8 heteroatoms. The summed E-state index contributed by atoms with van der Waals surface area (Å²) in [5.41, 5.74) is 7.52. The molecule has 2 amide bonds. The van der Waals surface area contributed by atoms with Gasteiger partial charge in [-0.15, -0.1) is 0 Å². The number of rotatable bonds is 6. The van der Waals surface area contributed by atoms with E-state index in [0.717, 1.165) is 17.4 Å². The zero-order valence-corrected chi connectivity index (χ0v) is 17.1. The van der Waals surface area contributed by atoms with E-state index >= 15 is 0 Å². The van der Waals surface area contributed by atoms with Crippen LogP contribution in [-0.2, 0) is 20.4 Å². The maximum absolute atomic E-state index is 12.2. The summed E-state index contributed by atoms with van der Waals surface area (Å²) in [6, 6.07) is 11.7. The molecule has 2 aromatic rings. The van der Waals surface area contributed by atoms with E-state index in [2.05, 4.69) is 10.9 Å². The third kappa shape index (κ3) is 6.09. The Balaban J connectivity index is 1.91. The summed E-state index contributed by atoms with van der Waals surface area (Å²) in [4.78, 5) is 24.3. The number of aryl methyl sites for hydroxylation is 1. The number of carbonyl (C=O) groups excluding carboxylic acids is 2. The minimum absolute atomic E-state index is 0.0983. The van der Waals surface area contributed by atoms with Crippen molar-refractivity contribution in [2.75, 3.05) is 6.26 Å². The molecule has 0 aliphatic heterocycles. The number of nitrogens with one attached hydrogen (secondary N) is 2. The molecule has 7 nitrogen and oxygen atoms in total. The molecule has 0 radical (unpaired) electrons. The van der Waals surface area contributed by atoms with Crippen LogP contribution in [0.3, 0.4) is 0 Å². The number of hydrogen-bond donors (Lipinski definition) is 2. The fourth-order valence-electron chi connectivity index (χ4n) is 2.44. The Morgan fingerprint density at radius 3 is 2.29 bits per heavy atom. The summed E-state index contributed by atoms with van der Waals surface area (Å²) in [5, 5.41) is 0. The van der Waals surface area contributed by atoms with Crippen LogP contribution in [-0.4, -0.2) is 32.6 Å². The summed E-state index contributed by atoms with van der Waals surface area (Å²) in [6.07, 6.45) is 0.336. The Kier molecular flexibility index (Phi) is 6.80. The van der Waals surface area contributed by atoms with Crippen molar-refractivity contribution in [3.05, 3.63) is 64.7 Å². The molecular weight excluding hydrogens is 380 g/mol. The molecule has 0 bridgehead atoms. The van der Waals surface area contributed by atoms with Gasteiger partial charge in [0, 0.05) is 11.8 Å². The molecule has 0 unspecified atom stereocenters. The van der Waals surface area contributed by atoms with Crippen LogP contribution in [0.2, 0.25) is 0 Å². The highest BCUT2D eigenvalue weighted by Crippen LogP contribution is 2.21. The van der Waals surface area contributed by atoms with Crippen molar-refractivity contribution in [2.24, 2.45) is 0 Å². The first-order valence-corrected chi connectivity index (χ1v) is 10.7. The Morgan fingerprint density at radius 2 is 1.68 bits per heavy atom. The van der Waals surface area contributed by atoms with Crippen LogP contribution < -0.4 is 15.6 Å². The van der Waals surface area contributed by atoms with Gasteiger partial charge in [0.1, 0.15) is 5.75 Å². The van der Waals surface area contributed by atoms with Crippen LogP contribution in [0.15, 0.2) is 42.5 Å². The predicted octanol–water partition coefficient (Wildman–Crippen LogP) is 2.08. The number of hydrogen-bond acceptors (Lipinski definition) is 5. The van der Waals surface area contributed by atoms with Crippen LogP contribution in [0.1, 0.15) is 34.0 Å². The van der Waals surface area contributed by atoms with E-state index in [-0.39, 0.29) is 5.75 Å². The van der Waals surface area contributed by atoms with Crippen LogP contribution >= 0.6 is 0 Å². The lowest BCUT2D eigenvalue weighted by atomic mass is 10.1. The number of ether oxygens (including phenoxy) is 1. The van der Waals surface area contributed by atoms with E-state index in [4.69, 9.17) is 4.74 Å². The number of sulfone groups is 1. The maximum atomic E-state index is 12.2. The van der Waals surface area contributed by atoms with Gasteiger partial charge in [0.25, 0.3) is 11.8 Å². The third-order valence-corrected chi connectivity index (χ3v) is 5.03. The third-order valence-electron chi connectivity index (χ3n) is 4.17.